The van der Waals surface area contributed by atoms with Gasteiger partial charge < -0.3 is 10.4 Å². The molecule has 17 heavy (non-hydrogen) atoms. The maximum Gasteiger partial charge on any atom is 0.309 e. The molecule has 1 saturated carbocycles. The number of carbonyl (C=O) groups excluding carboxylic acids is 1. The van der Waals surface area contributed by atoms with Crippen LogP contribution < -0.4 is 5.32 Å². The second-order valence-corrected chi connectivity index (χ2v) is 5.89. The van der Waals surface area contributed by atoms with Gasteiger partial charge in [-0.3, -0.25) is 9.59 Å². The minimum absolute atomic E-state index is 0.0462. The number of hydrogen-bond acceptors (Lipinski definition) is 2. The summed E-state index contributed by atoms with van der Waals surface area (Å²) in [4.78, 5) is 22.6. The van der Waals surface area contributed by atoms with Crippen molar-refractivity contribution in [3.8, 4) is 0 Å². The summed E-state index contributed by atoms with van der Waals surface area (Å²) >= 11 is 0. The van der Waals surface area contributed by atoms with Crippen LogP contribution in [0.1, 0.15) is 52.9 Å². The van der Waals surface area contributed by atoms with E-state index in [9.17, 15) is 9.59 Å². The molecule has 0 atom stereocenters. The van der Waals surface area contributed by atoms with E-state index in [0.29, 0.717) is 12.0 Å². The second kappa shape index (κ2) is 5.07. The summed E-state index contributed by atoms with van der Waals surface area (Å²) in [6, 6.07) is 0. The molecule has 98 valence electrons. The summed E-state index contributed by atoms with van der Waals surface area (Å²) in [6.45, 7) is 6.01. The van der Waals surface area contributed by atoms with Crippen molar-refractivity contribution in [1.82, 2.24) is 5.32 Å². The molecule has 4 heteroatoms. The van der Waals surface area contributed by atoms with Crippen molar-refractivity contribution in [2.24, 2.45) is 10.8 Å². The molecule has 0 aromatic rings. The van der Waals surface area contributed by atoms with E-state index in [1.54, 1.807) is 13.8 Å². The lowest BCUT2D eigenvalue weighted by Gasteiger charge is -2.20. The average molecular weight is 241 g/mol. The number of amides is 1. The van der Waals surface area contributed by atoms with Crippen LogP contribution in [0.15, 0.2) is 0 Å². The monoisotopic (exact) mass is 241 g/mol. The van der Waals surface area contributed by atoms with Crippen molar-refractivity contribution < 1.29 is 14.7 Å². The third kappa shape index (κ3) is 4.02. The Hall–Kier alpha value is -1.06. The van der Waals surface area contributed by atoms with Gasteiger partial charge in [-0.15, -0.1) is 0 Å². The van der Waals surface area contributed by atoms with Crippen LogP contribution in [-0.4, -0.2) is 23.5 Å². The SMILES string of the molecule is CCCC1(CNC(=O)CC(C)(C)C(=O)O)CC1. The van der Waals surface area contributed by atoms with Gasteiger partial charge in [-0.05, 0) is 38.5 Å². The first kappa shape index (κ1) is 14.0. The lowest BCUT2D eigenvalue weighted by atomic mass is 9.89. The largest absolute Gasteiger partial charge is 0.481 e. The Morgan fingerprint density at radius 3 is 2.35 bits per heavy atom. The topological polar surface area (TPSA) is 66.4 Å². The van der Waals surface area contributed by atoms with Gasteiger partial charge in [0.05, 0.1) is 5.41 Å². The summed E-state index contributed by atoms with van der Waals surface area (Å²) in [7, 11) is 0. The summed E-state index contributed by atoms with van der Waals surface area (Å²) in [5.74, 6) is -1.08. The molecule has 0 bridgehead atoms. The highest BCUT2D eigenvalue weighted by Gasteiger charge is 2.41. The van der Waals surface area contributed by atoms with Crippen molar-refractivity contribution in [2.45, 2.75) is 52.9 Å². The van der Waals surface area contributed by atoms with Gasteiger partial charge in [-0.2, -0.15) is 0 Å². The molecule has 0 aliphatic heterocycles. The first-order valence-corrected chi connectivity index (χ1v) is 6.31. The van der Waals surface area contributed by atoms with Gasteiger partial charge in [0, 0.05) is 13.0 Å². The van der Waals surface area contributed by atoms with Crippen LogP contribution >= 0.6 is 0 Å². The Balaban J connectivity index is 2.33. The van der Waals surface area contributed by atoms with Crippen molar-refractivity contribution in [3.05, 3.63) is 0 Å². The summed E-state index contributed by atoms with van der Waals surface area (Å²) < 4.78 is 0. The molecule has 4 nitrogen and oxygen atoms in total. The number of carbonyl (C=O) groups is 2. The fourth-order valence-electron chi connectivity index (χ4n) is 2.05. The minimum Gasteiger partial charge on any atom is -0.481 e. The van der Waals surface area contributed by atoms with Crippen molar-refractivity contribution in [3.63, 3.8) is 0 Å². The molecule has 2 N–H and O–H groups in total. The van der Waals surface area contributed by atoms with Gasteiger partial charge in [0.2, 0.25) is 5.91 Å². The minimum atomic E-state index is -0.981. The van der Waals surface area contributed by atoms with Gasteiger partial charge in [0.1, 0.15) is 0 Å². The Bertz CT molecular complexity index is 306. The van der Waals surface area contributed by atoms with Crippen LogP contribution in [0.4, 0.5) is 0 Å². The normalized spacial score (nSPS) is 17.6. The van der Waals surface area contributed by atoms with E-state index in [1.807, 2.05) is 0 Å². The van der Waals surface area contributed by atoms with Crippen molar-refractivity contribution >= 4 is 11.9 Å². The van der Waals surface area contributed by atoms with E-state index < -0.39 is 11.4 Å². The lowest BCUT2D eigenvalue weighted by molar-refractivity contribution is -0.149. The van der Waals surface area contributed by atoms with Crippen LogP contribution in [0.3, 0.4) is 0 Å². The standard InChI is InChI=1S/C13H23NO3/c1-4-5-13(6-7-13)9-14-10(15)8-12(2,3)11(16)17/h4-9H2,1-3H3,(H,14,15)(H,16,17). The van der Waals surface area contributed by atoms with E-state index >= 15 is 0 Å². The van der Waals surface area contributed by atoms with Gasteiger partial charge in [0.15, 0.2) is 0 Å². The molecule has 0 spiro atoms. The molecular formula is C13H23NO3. The van der Waals surface area contributed by atoms with E-state index in [1.165, 1.54) is 12.8 Å². The Morgan fingerprint density at radius 2 is 1.94 bits per heavy atom. The zero-order chi connectivity index (χ0) is 13.1. The predicted molar refractivity (Wildman–Crippen MR) is 65.6 cm³/mol. The van der Waals surface area contributed by atoms with Crippen LogP contribution in [0.25, 0.3) is 0 Å². The summed E-state index contributed by atoms with van der Waals surface area (Å²) in [5.41, 5.74) is -0.663. The Morgan fingerprint density at radius 1 is 1.35 bits per heavy atom. The third-order valence-electron chi connectivity index (χ3n) is 3.58. The molecule has 0 radical (unpaired) electrons. The lowest BCUT2D eigenvalue weighted by Crippen LogP contribution is -2.36. The molecule has 1 aliphatic carbocycles. The molecule has 0 aromatic heterocycles. The molecule has 1 rings (SSSR count). The van der Waals surface area contributed by atoms with Crippen LogP contribution in [0, 0.1) is 10.8 Å². The molecular weight excluding hydrogens is 218 g/mol. The van der Waals surface area contributed by atoms with Crippen molar-refractivity contribution in [1.29, 1.82) is 0 Å². The maximum absolute atomic E-state index is 11.7. The highest BCUT2D eigenvalue weighted by atomic mass is 16.4. The Labute approximate surface area is 103 Å². The van der Waals surface area contributed by atoms with Crippen LogP contribution in [0.2, 0.25) is 0 Å². The Kier molecular flexibility index (Phi) is 4.17. The first-order chi connectivity index (χ1) is 7.81. The maximum atomic E-state index is 11.7. The highest BCUT2D eigenvalue weighted by molar-refractivity contribution is 5.84. The zero-order valence-electron chi connectivity index (χ0n) is 11.0. The fraction of sp³-hybridized carbons (Fsp3) is 0.846. The van der Waals surface area contributed by atoms with E-state index in [0.717, 1.165) is 12.8 Å². The average Bonchev–Trinajstić information content (AvgIpc) is 2.95. The highest BCUT2D eigenvalue weighted by Crippen LogP contribution is 2.48. The molecule has 0 heterocycles. The molecule has 1 aliphatic rings. The number of aliphatic carboxylic acids is 1. The molecule has 0 unspecified atom stereocenters. The number of carboxylic acids is 1. The molecule has 0 aromatic carbocycles. The molecule has 1 amide bonds. The van der Waals surface area contributed by atoms with Crippen LogP contribution in [-0.2, 0) is 9.59 Å². The van der Waals surface area contributed by atoms with Gasteiger partial charge in [-0.25, -0.2) is 0 Å². The number of rotatable bonds is 7. The van der Waals surface area contributed by atoms with Crippen LogP contribution in [0.5, 0.6) is 0 Å². The smallest absolute Gasteiger partial charge is 0.309 e. The quantitative estimate of drug-likeness (QED) is 0.718. The first-order valence-electron chi connectivity index (χ1n) is 6.31. The van der Waals surface area contributed by atoms with Gasteiger partial charge >= 0.3 is 5.97 Å². The van der Waals surface area contributed by atoms with E-state index in [2.05, 4.69) is 12.2 Å². The van der Waals surface area contributed by atoms with Gasteiger partial charge in [-0.1, -0.05) is 13.3 Å². The third-order valence-corrected chi connectivity index (χ3v) is 3.58. The van der Waals surface area contributed by atoms with Gasteiger partial charge in [0.25, 0.3) is 0 Å². The summed E-state index contributed by atoms with van der Waals surface area (Å²) in [5, 5.41) is 11.8. The number of hydrogen-bond donors (Lipinski definition) is 2. The fourth-order valence-corrected chi connectivity index (χ4v) is 2.05. The molecule has 0 saturated heterocycles. The number of nitrogens with one attached hydrogen (secondary N) is 1. The van der Waals surface area contributed by atoms with Crippen molar-refractivity contribution in [2.75, 3.05) is 6.54 Å². The van der Waals surface area contributed by atoms with E-state index in [4.69, 9.17) is 5.11 Å². The zero-order valence-corrected chi connectivity index (χ0v) is 11.0. The van der Waals surface area contributed by atoms with E-state index in [-0.39, 0.29) is 12.3 Å². The summed E-state index contributed by atoms with van der Waals surface area (Å²) in [6.07, 6.45) is 4.70. The molecule has 1 fully saturated rings. The number of carboxylic acid groups (broad SMARTS) is 1. The predicted octanol–water partition coefficient (Wildman–Crippen LogP) is 2.18. The second-order valence-electron chi connectivity index (χ2n) is 5.89.